The first-order valence-corrected chi connectivity index (χ1v) is 12.2. The van der Waals surface area contributed by atoms with E-state index in [0.29, 0.717) is 17.2 Å². The number of methoxy groups -OCH3 is 1. The van der Waals surface area contributed by atoms with E-state index < -0.39 is 0 Å². The SMILES string of the molecule is CCN(CC)CCN(C(=O)c1ccc(N(CC)CC)cc1)c1nc2c(OC)cccc2s1. The summed E-state index contributed by atoms with van der Waals surface area (Å²) >= 11 is 1.53. The number of amides is 1. The normalized spacial score (nSPS) is 11.2. The summed E-state index contributed by atoms with van der Waals surface area (Å²) in [4.78, 5) is 24.8. The van der Waals surface area contributed by atoms with Gasteiger partial charge >= 0.3 is 0 Å². The van der Waals surface area contributed by atoms with E-state index in [9.17, 15) is 4.79 Å². The zero-order valence-electron chi connectivity index (χ0n) is 19.8. The van der Waals surface area contributed by atoms with Gasteiger partial charge in [-0.1, -0.05) is 31.3 Å². The molecular formula is C25H34N4O2S. The number of anilines is 2. The summed E-state index contributed by atoms with van der Waals surface area (Å²) < 4.78 is 6.49. The molecule has 1 aromatic heterocycles. The third-order valence-corrected chi connectivity index (χ3v) is 6.89. The van der Waals surface area contributed by atoms with Crippen LogP contribution in [0.2, 0.25) is 0 Å². The van der Waals surface area contributed by atoms with Gasteiger partial charge in [0.15, 0.2) is 5.13 Å². The van der Waals surface area contributed by atoms with Crippen LogP contribution in [0.1, 0.15) is 38.1 Å². The van der Waals surface area contributed by atoms with Crippen molar-refractivity contribution < 1.29 is 9.53 Å². The van der Waals surface area contributed by atoms with Crippen LogP contribution >= 0.6 is 11.3 Å². The second-order valence-corrected chi connectivity index (χ2v) is 8.52. The van der Waals surface area contributed by atoms with Gasteiger partial charge in [-0.2, -0.15) is 0 Å². The van der Waals surface area contributed by atoms with Gasteiger partial charge in [-0.25, -0.2) is 4.98 Å². The third kappa shape index (κ3) is 5.22. The van der Waals surface area contributed by atoms with Crippen molar-refractivity contribution in [3.63, 3.8) is 0 Å². The number of rotatable bonds is 11. The molecule has 1 heterocycles. The average Bonchev–Trinajstić information content (AvgIpc) is 3.27. The van der Waals surface area contributed by atoms with Gasteiger partial charge in [0, 0.05) is 37.4 Å². The van der Waals surface area contributed by atoms with Crippen molar-refractivity contribution in [3.05, 3.63) is 48.0 Å². The van der Waals surface area contributed by atoms with E-state index in [4.69, 9.17) is 9.72 Å². The molecule has 0 atom stereocenters. The van der Waals surface area contributed by atoms with Crippen LogP contribution < -0.4 is 14.5 Å². The summed E-state index contributed by atoms with van der Waals surface area (Å²) in [5, 5.41) is 0.703. The molecule has 2 aromatic carbocycles. The number of fused-ring (bicyclic) bond motifs is 1. The minimum Gasteiger partial charge on any atom is -0.494 e. The van der Waals surface area contributed by atoms with Crippen LogP contribution in [0, 0.1) is 0 Å². The lowest BCUT2D eigenvalue weighted by Crippen LogP contribution is -2.38. The molecule has 0 bridgehead atoms. The number of thiazole rings is 1. The monoisotopic (exact) mass is 454 g/mol. The molecule has 172 valence electrons. The van der Waals surface area contributed by atoms with Crippen molar-refractivity contribution in [2.24, 2.45) is 0 Å². The Kier molecular flexibility index (Phi) is 8.47. The Morgan fingerprint density at radius 2 is 1.62 bits per heavy atom. The first-order chi connectivity index (χ1) is 15.6. The molecule has 0 aliphatic rings. The highest BCUT2D eigenvalue weighted by Crippen LogP contribution is 2.34. The van der Waals surface area contributed by atoms with Gasteiger partial charge in [0.25, 0.3) is 5.91 Å². The Hall–Kier alpha value is -2.64. The van der Waals surface area contributed by atoms with Crippen molar-refractivity contribution >= 4 is 38.3 Å². The van der Waals surface area contributed by atoms with Crippen molar-refractivity contribution in [1.82, 2.24) is 9.88 Å². The van der Waals surface area contributed by atoms with E-state index in [0.717, 1.165) is 54.4 Å². The number of nitrogens with zero attached hydrogens (tertiary/aromatic N) is 4. The fourth-order valence-corrected chi connectivity index (χ4v) is 4.82. The molecule has 0 aliphatic heterocycles. The molecule has 3 aromatic rings. The van der Waals surface area contributed by atoms with Gasteiger partial charge in [-0.15, -0.1) is 0 Å². The summed E-state index contributed by atoms with van der Waals surface area (Å²) in [5.41, 5.74) is 2.60. The molecule has 0 unspecified atom stereocenters. The Labute approximate surface area is 195 Å². The second kappa shape index (κ2) is 11.3. The summed E-state index contributed by atoms with van der Waals surface area (Å²) in [7, 11) is 1.65. The van der Waals surface area contributed by atoms with E-state index in [-0.39, 0.29) is 5.91 Å². The lowest BCUT2D eigenvalue weighted by atomic mass is 10.1. The summed E-state index contributed by atoms with van der Waals surface area (Å²) in [6, 6.07) is 13.8. The Bertz CT molecular complexity index is 1010. The highest BCUT2D eigenvalue weighted by molar-refractivity contribution is 7.22. The molecule has 7 heteroatoms. The van der Waals surface area contributed by atoms with Crippen LogP contribution in [-0.4, -0.2) is 62.2 Å². The topological polar surface area (TPSA) is 48.9 Å². The maximum Gasteiger partial charge on any atom is 0.260 e. The molecule has 0 fully saturated rings. The lowest BCUT2D eigenvalue weighted by molar-refractivity contribution is 0.0984. The first kappa shape index (κ1) is 24.0. The molecule has 0 saturated heterocycles. The number of para-hydroxylation sites is 1. The highest BCUT2D eigenvalue weighted by Gasteiger charge is 2.23. The number of likely N-dealkylation sites (N-methyl/N-ethyl adjacent to an activating group) is 1. The zero-order valence-corrected chi connectivity index (χ0v) is 20.6. The van der Waals surface area contributed by atoms with Crippen LogP contribution in [0.4, 0.5) is 10.8 Å². The predicted octanol–water partition coefficient (Wildman–Crippen LogP) is 5.14. The molecule has 0 saturated carbocycles. The minimum atomic E-state index is -0.0266. The smallest absolute Gasteiger partial charge is 0.260 e. The predicted molar refractivity (Wildman–Crippen MR) is 136 cm³/mol. The van der Waals surface area contributed by atoms with Crippen LogP contribution in [0.15, 0.2) is 42.5 Å². The maximum atomic E-state index is 13.6. The molecule has 0 radical (unpaired) electrons. The minimum absolute atomic E-state index is 0.0266. The third-order valence-electron chi connectivity index (χ3n) is 5.84. The van der Waals surface area contributed by atoms with E-state index in [2.05, 4.69) is 37.5 Å². The second-order valence-electron chi connectivity index (χ2n) is 7.51. The molecule has 0 spiro atoms. The van der Waals surface area contributed by atoms with Gasteiger partial charge < -0.3 is 14.5 Å². The van der Waals surface area contributed by atoms with Crippen molar-refractivity contribution in [2.45, 2.75) is 27.7 Å². The van der Waals surface area contributed by atoms with E-state index in [1.54, 1.807) is 7.11 Å². The number of carbonyl (C=O) groups is 1. The quantitative estimate of drug-likeness (QED) is 0.401. The van der Waals surface area contributed by atoms with Crippen LogP contribution in [0.5, 0.6) is 5.75 Å². The Morgan fingerprint density at radius 1 is 0.938 bits per heavy atom. The van der Waals surface area contributed by atoms with Gasteiger partial charge in [0.05, 0.1) is 11.8 Å². The van der Waals surface area contributed by atoms with E-state index >= 15 is 0 Å². The van der Waals surface area contributed by atoms with Gasteiger partial charge in [0.2, 0.25) is 0 Å². The summed E-state index contributed by atoms with van der Waals surface area (Å²) in [6.07, 6.45) is 0. The number of benzene rings is 2. The Balaban J connectivity index is 1.94. The zero-order chi connectivity index (χ0) is 23.1. The highest BCUT2D eigenvalue weighted by atomic mass is 32.1. The van der Waals surface area contributed by atoms with Crippen molar-refractivity contribution in [1.29, 1.82) is 0 Å². The van der Waals surface area contributed by atoms with E-state index in [1.807, 2.05) is 47.4 Å². The van der Waals surface area contributed by atoms with Gasteiger partial charge in [-0.3, -0.25) is 9.69 Å². The number of carbonyl (C=O) groups excluding carboxylic acids is 1. The fraction of sp³-hybridized carbons (Fsp3) is 0.440. The largest absolute Gasteiger partial charge is 0.494 e. The summed E-state index contributed by atoms with van der Waals surface area (Å²) in [5.74, 6) is 0.700. The molecule has 3 rings (SSSR count). The molecule has 0 aliphatic carbocycles. The van der Waals surface area contributed by atoms with Crippen molar-refractivity contribution in [2.75, 3.05) is 56.2 Å². The molecule has 1 amide bonds. The standard InChI is InChI=1S/C25H34N4O2S/c1-6-27(7-2)17-18-29(25-26-23-21(31-5)11-10-12-22(23)32-25)24(30)19-13-15-20(16-14-19)28(8-3)9-4/h10-16H,6-9,17-18H2,1-5H3. The molecule has 6 nitrogen and oxygen atoms in total. The molecular weight excluding hydrogens is 420 g/mol. The Morgan fingerprint density at radius 3 is 2.22 bits per heavy atom. The first-order valence-electron chi connectivity index (χ1n) is 11.4. The lowest BCUT2D eigenvalue weighted by Gasteiger charge is -2.25. The van der Waals surface area contributed by atoms with Gasteiger partial charge in [0.1, 0.15) is 11.3 Å². The average molecular weight is 455 g/mol. The molecule has 0 N–H and O–H groups in total. The van der Waals surface area contributed by atoms with Crippen LogP contribution in [-0.2, 0) is 0 Å². The van der Waals surface area contributed by atoms with E-state index in [1.165, 1.54) is 11.3 Å². The van der Waals surface area contributed by atoms with Crippen LogP contribution in [0.3, 0.4) is 0 Å². The van der Waals surface area contributed by atoms with Crippen molar-refractivity contribution in [3.8, 4) is 5.75 Å². The van der Waals surface area contributed by atoms with Crippen LogP contribution in [0.25, 0.3) is 10.2 Å². The van der Waals surface area contributed by atoms with Gasteiger partial charge in [-0.05, 0) is 63.3 Å². The summed E-state index contributed by atoms with van der Waals surface area (Å²) in [6.45, 7) is 13.7. The molecule has 32 heavy (non-hydrogen) atoms. The maximum absolute atomic E-state index is 13.6. The fourth-order valence-electron chi connectivity index (χ4n) is 3.82. The number of hydrogen-bond acceptors (Lipinski definition) is 6. The number of ether oxygens (including phenoxy) is 1. The number of aromatic nitrogens is 1. The number of hydrogen-bond donors (Lipinski definition) is 0.